The smallest absolute Gasteiger partial charge is 0.343 e. The van der Waals surface area contributed by atoms with Crippen molar-refractivity contribution in [3.8, 4) is 0 Å². The highest BCUT2D eigenvalue weighted by molar-refractivity contribution is 5.91. The van der Waals surface area contributed by atoms with E-state index < -0.39 is 36.6 Å². The zero-order chi connectivity index (χ0) is 17.0. The summed E-state index contributed by atoms with van der Waals surface area (Å²) in [4.78, 5) is 24.6. The predicted molar refractivity (Wildman–Crippen MR) is 84.6 cm³/mol. The zero-order valence-electron chi connectivity index (χ0n) is 12.8. The van der Waals surface area contributed by atoms with Crippen LogP contribution in [0.15, 0.2) is 30.3 Å². The Bertz CT molecular complexity index is 569. The lowest BCUT2D eigenvalue weighted by Crippen LogP contribution is -2.49. The van der Waals surface area contributed by atoms with Crippen molar-refractivity contribution in [1.29, 1.82) is 0 Å². The molecule has 3 N–H and O–H groups in total. The van der Waals surface area contributed by atoms with E-state index in [1.807, 2.05) is 30.3 Å². The summed E-state index contributed by atoms with van der Waals surface area (Å²) in [6, 6.07) is 7.30. The van der Waals surface area contributed by atoms with Gasteiger partial charge in [0.05, 0.1) is 6.04 Å². The molecule has 1 aliphatic heterocycles. The maximum atomic E-state index is 12.3. The Morgan fingerprint density at radius 2 is 1.96 bits per heavy atom. The average Bonchev–Trinajstić information content (AvgIpc) is 2.79. The molecule has 9 heteroatoms. The molecule has 0 aliphatic carbocycles. The Hall–Kier alpha value is -1.80. The van der Waals surface area contributed by atoms with Crippen molar-refractivity contribution in [3.05, 3.63) is 35.9 Å². The minimum Gasteiger partial charge on any atom is -0.343 e. The molecule has 1 saturated heterocycles. The number of benzene rings is 1. The summed E-state index contributed by atoms with van der Waals surface area (Å²) >= 11 is 0. The topological polar surface area (TPSA) is 75.4 Å². The van der Waals surface area contributed by atoms with Gasteiger partial charge in [0.2, 0.25) is 11.8 Å². The van der Waals surface area contributed by atoms with Gasteiger partial charge in [-0.1, -0.05) is 30.3 Å². The molecular weight excluding hydrogens is 347 g/mol. The van der Waals surface area contributed by atoms with Crippen LogP contribution in [-0.4, -0.2) is 48.1 Å². The Labute approximate surface area is 143 Å². The van der Waals surface area contributed by atoms with Gasteiger partial charge >= 0.3 is 6.18 Å². The van der Waals surface area contributed by atoms with E-state index in [0.717, 1.165) is 5.56 Å². The fourth-order valence-electron chi connectivity index (χ4n) is 2.49. The maximum Gasteiger partial charge on any atom is 0.406 e. The van der Waals surface area contributed by atoms with Crippen LogP contribution in [0.3, 0.4) is 0 Å². The molecule has 134 valence electrons. The number of nitrogens with two attached hydrogens (primary N) is 1. The highest BCUT2D eigenvalue weighted by atomic mass is 35.5. The number of rotatable bonds is 5. The number of nitrogens with zero attached hydrogens (tertiary/aromatic N) is 1. The average molecular weight is 366 g/mol. The third-order valence-corrected chi connectivity index (χ3v) is 3.62. The standard InChI is InChI=1S/C15H18F3N3O2.ClH/c16-15(17,18)9-21-7-6-12(14(21)23)20-13(22)11(19)8-10-4-2-1-3-5-10;/h1-5,11-12H,6-9,19H2,(H,20,22);1H/t11-,12?;/m0./s1. The SMILES string of the molecule is Cl.N[C@@H](Cc1ccccc1)C(=O)NC1CCN(CC(F)(F)F)C1=O. The van der Waals surface area contributed by atoms with E-state index in [4.69, 9.17) is 5.73 Å². The molecule has 24 heavy (non-hydrogen) atoms. The Morgan fingerprint density at radius 3 is 2.54 bits per heavy atom. The van der Waals surface area contributed by atoms with Gasteiger partial charge in [-0.2, -0.15) is 13.2 Å². The Morgan fingerprint density at radius 1 is 1.33 bits per heavy atom. The van der Waals surface area contributed by atoms with Gasteiger partial charge in [0.15, 0.2) is 0 Å². The number of carbonyl (C=O) groups excluding carboxylic acids is 2. The quantitative estimate of drug-likeness (QED) is 0.824. The zero-order valence-corrected chi connectivity index (χ0v) is 13.6. The molecule has 2 amide bonds. The van der Waals surface area contributed by atoms with Crippen molar-refractivity contribution in [2.24, 2.45) is 5.73 Å². The van der Waals surface area contributed by atoms with Crippen molar-refractivity contribution in [1.82, 2.24) is 10.2 Å². The first kappa shape index (κ1) is 20.2. The number of amides is 2. The minimum absolute atomic E-state index is 0. The van der Waals surface area contributed by atoms with Crippen LogP contribution >= 0.6 is 12.4 Å². The van der Waals surface area contributed by atoms with Gasteiger partial charge in [-0.25, -0.2) is 0 Å². The number of hydrogen-bond donors (Lipinski definition) is 2. The third-order valence-electron chi connectivity index (χ3n) is 3.62. The number of likely N-dealkylation sites (tertiary alicyclic amines) is 1. The molecule has 0 radical (unpaired) electrons. The second-order valence-electron chi connectivity index (χ2n) is 5.52. The lowest BCUT2D eigenvalue weighted by atomic mass is 10.1. The fraction of sp³-hybridized carbons (Fsp3) is 0.467. The van der Waals surface area contributed by atoms with E-state index in [-0.39, 0.29) is 25.4 Å². The molecule has 2 atom stereocenters. The number of alkyl halides is 3. The van der Waals surface area contributed by atoms with Gasteiger partial charge < -0.3 is 16.0 Å². The molecule has 1 fully saturated rings. The summed E-state index contributed by atoms with van der Waals surface area (Å²) in [5.74, 6) is -1.26. The monoisotopic (exact) mass is 365 g/mol. The summed E-state index contributed by atoms with van der Waals surface area (Å²) in [6.07, 6.45) is -4.00. The molecule has 1 aliphatic rings. The van der Waals surface area contributed by atoms with Crippen LogP contribution in [0.2, 0.25) is 0 Å². The van der Waals surface area contributed by atoms with E-state index in [1.165, 1.54) is 0 Å². The van der Waals surface area contributed by atoms with E-state index in [0.29, 0.717) is 11.3 Å². The van der Waals surface area contributed by atoms with Gasteiger partial charge in [0, 0.05) is 6.54 Å². The summed E-state index contributed by atoms with van der Waals surface area (Å²) in [5, 5.41) is 2.44. The van der Waals surface area contributed by atoms with Crippen LogP contribution in [0.5, 0.6) is 0 Å². The van der Waals surface area contributed by atoms with Crippen molar-refractivity contribution in [2.45, 2.75) is 31.1 Å². The van der Waals surface area contributed by atoms with Crippen molar-refractivity contribution >= 4 is 24.2 Å². The van der Waals surface area contributed by atoms with E-state index in [2.05, 4.69) is 5.32 Å². The molecular formula is C15H19ClF3N3O2. The molecule has 0 saturated carbocycles. The molecule has 2 rings (SSSR count). The third kappa shape index (κ3) is 5.68. The van der Waals surface area contributed by atoms with Crippen LogP contribution in [-0.2, 0) is 16.0 Å². The molecule has 5 nitrogen and oxygen atoms in total. The second-order valence-corrected chi connectivity index (χ2v) is 5.52. The first-order chi connectivity index (χ1) is 10.8. The minimum atomic E-state index is -4.45. The molecule has 0 bridgehead atoms. The van der Waals surface area contributed by atoms with Gasteiger partial charge in [0.25, 0.3) is 0 Å². The first-order valence-electron chi connectivity index (χ1n) is 7.21. The molecule has 0 aromatic heterocycles. The molecule has 1 heterocycles. The van der Waals surface area contributed by atoms with Gasteiger partial charge in [-0.15, -0.1) is 12.4 Å². The van der Waals surface area contributed by atoms with Crippen LogP contribution in [0.25, 0.3) is 0 Å². The van der Waals surface area contributed by atoms with E-state index in [1.54, 1.807) is 0 Å². The molecule has 0 spiro atoms. The van der Waals surface area contributed by atoms with E-state index >= 15 is 0 Å². The summed E-state index contributed by atoms with van der Waals surface area (Å²) in [6.45, 7) is -1.33. The Balaban J connectivity index is 0.00000288. The highest BCUT2D eigenvalue weighted by Gasteiger charge is 2.40. The second kappa shape index (κ2) is 8.34. The lowest BCUT2D eigenvalue weighted by molar-refractivity contribution is -0.158. The normalized spacial score (nSPS) is 18.9. The van der Waals surface area contributed by atoms with Crippen LogP contribution in [0.1, 0.15) is 12.0 Å². The largest absolute Gasteiger partial charge is 0.406 e. The van der Waals surface area contributed by atoms with Gasteiger partial charge in [-0.3, -0.25) is 9.59 Å². The molecule has 1 aromatic carbocycles. The van der Waals surface area contributed by atoms with Gasteiger partial charge in [0.1, 0.15) is 12.6 Å². The van der Waals surface area contributed by atoms with Crippen LogP contribution < -0.4 is 11.1 Å². The number of halogens is 4. The molecule has 1 aromatic rings. The summed E-state index contributed by atoms with van der Waals surface area (Å²) in [7, 11) is 0. The predicted octanol–water partition coefficient (Wildman–Crippen LogP) is 1.26. The van der Waals surface area contributed by atoms with Crippen molar-refractivity contribution < 1.29 is 22.8 Å². The van der Waals surface area contributed by atoms with Crippen LogP contribution in [0.4, 0.5) is 13.2 Å². The number of carbonyl (C=O) groups is 2. The maximum absolute atomic E-state index is 12.3. The van der Waals surface area contributed by atoms with Crippen molar-refractivity contribution in [3.63, 3.8) is 0 Å². The first-order valence-corrected chi connectivity index (χ1v) is 7.21. The van der Waals surface area contributed by atoms with Gasteiger partial charge in [-0.05, 0) is 18.4 Å². The Kier molecular flexibility index (Phi) is 7.04. The number of nitrogens with one attached hydrogen (secondary N) is 1. The molecule has 1 unspecified atom stereocenters. The summed E-state index contributed by atoms with van der Waals surface area (Å²) < 4.78 is 37.0. The van der Waals surface area contributed by atoms with Crippen LogP contribution in [0, 0.1) is 0 Å². The number of hydrogen-bond acceptors (Lipinski definition) is 3. The lowest BCUT2D eigenvalue weighted by Gasteiger charge is -2.19. The highest BCUT2D eigenvalue weighted by Crippen LogP contribution is 2.20. The fourth-order valence-corrected chi connectivity index (χ4v) is 2.49. The van der Waals surface area contributed by atoms with Crippen molar-refractivity contribution in [2.75, 3.05) is 13.1 Å². The summed E-state index contributed by atoms with van der Waals surface area (Å²) in [5.41, 5.74) is 6.66. The van der Waals surface area contributed by atoms with E-state index in [9.17, 15) is 22.8 Å².